The number of nitrogens with two attached hydrogens (primary N) is 1. The van der Waals surface area contributed by atoms with Crippen LogP contribution in [0.5, 0.6) is 0 Å². The normalized spacial score (nSPS) is 16.9. The van der Waals surface area contributed by atoms with Crippen molar-refractivity contribution in [1.29, 1.82) is 0 Å². The van der Waals surface area contributed by atoms with Gasteiger partial charge in [0.1, 0.15) is 0 Å². The topological polar surface area (TPSA) is 38.5 Å². The molecule has 106 valence electrons. The third-order valence-electron chi connectivity index (χ3n) is 3.51. The molecule has 0 amide bonds. The lowest BCUT2D eigenvalue weighted by molar-refractivity contribution is 0.115. The van der Waals surface area contributed by atoms with Gasteiger partial charge in [-0.05, 0) is 36.6 Å². The molecule has 1 aliphatic carbocycles. The summed E-state index contributed by atoms with van der Waals surface area (Å²) in [6.45, 7) is 2.09. The van der Waals surface area contributed by atoms with Crippen LogP contribution in [-0.4, -0.2) is 37.7 Å². The second kappa shape index (κ2) is 6.91. The zero-order valence-electron chi connectivity index (χ0n) is 11.1. The van der Waals surface area contributed by atoms with E-state index in [9.17, 15) is 0 Å². The first-order valence-corrected chi connectivity index (χ1v) is 7.32. The van der Waals surface area contributed by atoms with Crippen molar-refractivity contribution in [3.8, 4) is 0 Å². The van der Waals surface area contributed by atoms with E-state index in [0.717, 1.165) is 17.1 Å². The third-order valence-corrected chi connectivity index (χ3v) is 4.09. The van der Waals surface area contributed by atoms with Crippen molar-refractivity contribution < 1.29 is 4.74 Å². The summed E-state index contributed by atoms with van der Waals surface area (Å²) in [7, 11) is 1.72. The maximum absolute atomic E-state index is 6.30. The Kier molecular flexibility index (Phi) is 5.48. The van der Waals surface area contributed by atoms with Crippen molar-refractivity contribution in [1.82, 2.24) is 4.90 Å². The molecule has 0 heterocycles. The van der Waals surface area contributed by atoms with Crippen LogP contribution in [0.4, 0.5) is 0 Å². The van der Waals surface area contributed by atoms with E-state index in [-0.39, 0.29) is 6.04 Å². The van der Waals surface area contributed by atoms with Crippen LogP contribution >= 0.6 is 23.2 Å². The molecule has 5 heteroatoms. The van der Waals surface area contributed by atoms with Crippen LogP contribution in [0, 0.1) is 0 Å². The smallest absolute Gasteiger partial charge is 0.0590 e. The van der Waals surface area contributed by atoms with Crippen molar-refractivity contribution in [2.75, 3.05) is 26.8 Å². The number of hydrogen-bond acceptors (Lipinski definition) is 3. The lowest BCUT2D eigenvalue weighted by Gasteiger charge is -2.31. The van der Waals surface area contributed by atoms with E-state index in [2.05, 4.69) is 4.90 Å². The Morgan fingerprint density at radius 2 is 2.16 bits per heavy atom. The summed E-state index contributed by atoms with van der Waals surface area (Å²) in [5.74, 6) is 0. The summed E-state index contributed by atoms with van der Waals surface area (Å²) in [5, 5.41) is 1.42. The Labute approximate surface area is 124 Å². The largest absolute Gasteiger partial charge is 0.383 e. The summed E-state index contributed by atoms with van der Waals surface area (Å²) in [4.78, 5) is 2.39. The van der Waals surface area contributed by atoms with Crippen molar-refractivity contribution >= 4 is 23.2 Å². The standard InChI is InChI=1S/C14H20Cl2N2O/c1-19-7-6-18(11-3-4-11)14(9-17)12-8-10(15)2-5-13(12)16/h2,5,8,11,14H,3-4,6-7,9,17H2,1H3. The Morgan fingerprint density at radius 3 is 2.74 bits per heavy atom. The number of halogens is 2. The molecule has 2 N–H and O–H groups in total. The molecule has 1 unspecified atom stereocenters. The van der Waals surface area contributed by atoms with E-state index in [1.807, 2.05) is 12.1 Å². The lowest BCUT2D eigenvalue weighted by atomic mass is 10.0. The molecule has 1 aromatic carbocycles. The van der Waals surface area contributed by atoms with Gasteiger partial charge in [0.25, 0.3) is 0 Å². The SMILES string of the molecule is COCCN(C1CC1)C(CN)c1cc(Cl)ccc1Cl. The minimum atomic E-state index is 0.105. The number of benzene rings is 1. The summed E-state index contributed by atoms with van der Waals surface area (Å²) in [6.07, 6.45) is 2.44. The van der Waals surface area contributed by atoms with E-state index in [1.54, 1.807) is 13.2 Å². The first-order chi connectivity index (χ1) is 9.17. The number of methoxy groups -OCH3 is 1. The van der Waals surface area contributed by atoms with Gasteiger partial charge in [0.2, 0.25) is 0 Å². The average Bonchev–Trinajstić information content (AvgIpc) is 3.22. The lowest BCUT2D eigenvalue weighted by Crippen LogP contribution is -2.37. The minimum absolute atomic E-state index is 0.105. The van der Waals surface area contributed by atoms with Crippen LogP contribution in [-0.2, 0) is 4.74 Å². The van der Waals surface area contributed by atoms with Gasteiger partial charge in [0.05, 0.1) is 6.61 Å². The molecule has 0 aromatic heterocycles. The predicted octanol–water partition coefficient (Wildman–Crippen LogP) is 3.10. The summed E-state index contributed by atoms with van der Waals surface area (Å²) in [5.41, 5.74) is 6.99. The highest BCUT2D eigenvalue weighted by Crippen LogP contribution is 2.36. The van der Waals surface area contributed by atoms with Gasteiger partial charge in [0, 0.05) is 42.3 Å². The summed E-state index contributed by atoms with van der Waals surface area (Å²) >= 11 is 12.4. The maximum Gasteiger partial charge on any atom is 0.0590 e. The molecule has 0 bridgehead atoms. The number of hydrogen-bond donors (Lipinski definition) is 1. The number of rotatable bonds is 7. The van der Waals surface area contributed by atoms with Crippen LogP contribution in [0.2, 0.25) is 10.0 Å². The molecule has 1 atom stereocenters. The van der Waals surface area contributed by atoms with Gasteiger partial charge in [-0.2, -0.15) is 0 Å². The molecule has 19 heavy (non-hydrogen) atoms. The first-order valence-electron chi connectivity index (χ1n) is 6.57. The quantitative estimate of drug-likeness (QED) is 0.841. The highest BCUT2D eigenvalue weighted by molar-refractivity contribution is 6.33. The zero-order chi connectivity index (χ0) is 13.8. The average molecular weight is 303 g/mol. The fourth-order valence-corrected chi connectivity index (χ4v) is 2.83. The highest BCUT2D eigenvalue weighted by atomic mass is 35.5. The van der Waals surface area contributed by atoms with Gasteiger partial charge in [-0.15, -0.1) is 0 Å². The van der Waals surface area contributed by atoms with E-state index in [4.69, 9.17) is 33.7 Å². The monoisotopic (exact) mass is 302 g/mol. The van der Waals surface area contributed by atoms with E-state index in [1.165, 1.54) is 12.8 Å². The van der Waals surface area contributed by atoms with Gasteiger partial charge in [-0.25, -0.2) is 0 Å². The predicted molar refractivity (Wildman–Crippen MR) is 79.9 cm³/mol. The number of nitrogens with zero attached hydrogens (tertiary/aromatic N) is 1. The van der Waals surface area contributed by atoms with Crippen LogP contribution < -0.4 is 5.73 Å². The third kappa shape index (κ3) is 3.83. The Bertz CT molecular complexity index is 424. The van der Waals surface area contributed by atoms with Gasteiger partial charge in [0.15, 0.2) is 0 Å². The van der Waals surface area contributed by atoms with Crippen LogP contribution in [0.15, 0.2) is 18.2 Å². The van der Waals surface area contributed by atoms with Crippen LogP contribution in [0.1, 0.15) is 24.4 Å². The second-order valence-electron chi connectivity index (χ2n) is 4.88. The second-order valence-corrected chi connectivity index (χ2v) is 5.72. The Morgan fingerprint density at radius 1 is 1.42 bits per heavy atom. The van der Waals surface area contributed by atoms with Gasteiger partial charge in [-0.3, -0.25) is 4.90 Å². The van der Waals surface area contributed by atoms with Crippen molar-refractivity contribution in [2.24, 2.45) is 5.73 Å². The molecule has 1 aliphatic rings. The molecule has 2 rings (SSSR count). The Hall–Kier alpha value is -0.320. The van der Waals surface area contributed by atoms with Gasteiger partial charge in [-0.1, -0.05) is 23.2 Å². The molecule has 1 saturated carbocycles. The summed E-state index contributed by atoms with van der Waals surface area (Å²) < 4.78 is 5.19. The molecule has 0 spiro atoms. The first kappa shape index (κ1) is 15.1. The molecule has 0 aliphatic heterocycles. The zero-order valence-corrected chi connectivity index (χ0v) is 12.6. The van der Waals surface area contributed by atoms with Crippen molar-refractivity contribution in [3.63, 3.8) is 0 Å². The van der Waals surface area contributed by atoms with Crippen LogP contribution in [0.25, 0.3) is 0 Å². The van der Waals surface area contributed by atoms with Crippen molar-refractivity contribution in [3.05, 3.63) is 33.8 Å². The van der Waals surface area contributed by atoms with E-state index < -0.39 is 0 Å². The molecular formula is C14H20Cl2N2O. The van der Waals surface area contributed by atoms with Gasteiger partial charge >= 0.3 is 0 Å². The minimum Gasteiger partial charge on any atom is -0.383 e. The molecule has 0 radical (unpaired) electrons. The molecule has 0 saturated heterocycles. The summed E-state index contributed by atoms with van der Waals surface area (Å²) in [6, 6.07) is 6.26. The fraction of sp³-hybridized carbons (Fsp3) is 0.571. The number of ether oxygens (including phenoxy) is 1. The van der Waals surface area contributed by atoms with Gasteiger partial charge < -0.3 is 10.5 Å². The molecule has 1 fully saturated rings. The van der Waals surface area contributed by atoms with E-state index >= 15 is 0 Å². The molecule has 3 nitrogen and oxygen atoms in total. The van der Waals surface area contributed by atoms with Crippen LogP contribution in [0.3, 0.4) is 0 Å². The fourth-order valence-electron chi connectivity index (χ4n) is 2.41. The highest BCUT2D eigenvalue weighted by Gasteiger charge is 2.34. The van der Waals surface area contributed by atoms with E-state index in [0.29, 0.717) is 24.2 Å². The van der Waals surface area contributed by atoms with Crippen molar-refractivity contribution in [2.45, 2.75) is 24.9 Å². The maximum atomic E-state index is 6.30. The molecule has 1 aromatic rings. The molecular weight excluding hydrogens is 283 g/mol. The Balaban J connectivity index is 2.22.